The van der Waals surface area contributed by atoms with Crippen molar-refractivity contribution in [2.45, 2.75) is 19.5 Å². The highest BCUT2D eigenvalue weighted by Crippen LogP contribution is 2.23. The number of halogens is 1. The first-order valence-corrected chi connectivity index (χ1v) is 8.43. The Morgan fingerprint density at radius 3 is 2.50 bits per heavy atom. The molecule has 0 fully saturated rings. The van der Waals surface area contributed by atoms with Gasteiger partial charge in [0, 0.05) is 17.5 Å². The number of benzene rings is 1. The van der Waals surface area contributed by atoms with Crippen LogP contribution in [-0.4, -0.2) is 29.8 Å². The van der Waals surface area contributed by atoms with Gasteiger partial charge < -0.3 is 10.2 Å². The summed E-state index contributed by atoms with van der Waals surface area (Å²) in [5, 5.41) is 2.73. The predicted molar refractivity (Wildman–Crippen MR) is 91.9 cm³/mol. The van der Waals surface area contributed by atoms with Gasteiger partial charge in [-0.2, -0.15) is 0 Å². The van der Waals surface area contributed by atoms with Gasteiger partial charge in [0.15, 0.2) is 0 Å². The van der Waals surface area contributed by atoms with Crippen LogP contribution >= 0.6 is 27.3 Å². The largest absolute Gasteiger partial charge is 0.341 e. The van der Waals surface area contributed by atoms with Crippen molar-refractivity contribution >= 4 is 39.1 Å². The van der Waals surface area contributed by atoms with Gasteiger partial charge in [0.05, 0.1) is 10.3 Å². The van der Waals surface area contributed by atoms with E-state index in [-0.39, 0.29) is 11.8 Å². The highest BCUT2D eigenvalue weighted by Gasteiger charge is 2.20. The van der Waals surface area contributed by atoms with Crippen LogP contribution in [0.4, 0.5) is 0 Å². The summed E-state index contributed by atoms with van der Waals surface area (Å²) in [6.07, 6.45) is 0. The predicted octanol–water partition coefficient (Wildman–Crippen LogP) is 3.29. The van der Waals surface area contributed by atoms with Crippen LogP contribution in [0.3, 0.4) is 0 Å². The van der Waals surface area contributed by atoms with Crippen LogP contribution in [0.25, 0.3) is 0 Å². The number of hydrogen-bond donors (Lipinski definition) is 1. The van der Waals surface area contributed by atoms with Crippen LogP contribution in [0, 0.1) is 0 Å². The minimum atomic E-state index is -0.568. The molecule has 1 atom stereocenters. The number of carbonyl (C=O) groups excluding carboxylic acids is 2. The summed E-state index contributed by atoms with van der Waals surface area (Å²) in [5.41, 5.74) is 0.548. The number of rotatable bonds is 5. The Morgan fingerprint density at radius 1 is 1.23 bits per heavy atom. The maximum atomic E-state index is 12.3. The number of thiophene rings is 1. The monoisotopic (exact) mass is 380 g/mol. The normalized spacial score (nSPS) is 11.8. The van der Waals surface area contributed by atoms with Crippen molar-refractivity contribution in [3.05, 3.63) is 56.7 Å². The molecule has 1 heterocycles. The molecule has 0 saturated carbocycles. The topological polar surface area (TPSA) is 49.4 Å². The van der Waals surface area contributed by atoms with Crippen LogP contribution < -0.4 is 5.32 Å². The number of amides is 2. The lowest BCUT2D eigenvalue weighted by atomic mass is 10.2. The fourth-order valence-corrected chi connectivity index (χ4v) is 3.55. The van der Waals surface area contributed by atoms with Crippen molar-refractivity contribution in [1.29, 1.82) is 0 Å². The van der Waals surface area contributed by atoms with Crippen molar-refractivity contribution in [3.8, 4) is 0 Å². The van der Waals surface area contributed by atoms with E-state index in [0.717, 1.165) is 8.66 Å². The minimum absolute atomic E-state index is 0.117. The Morgan fingerprint density at radius 2 is 1.91 bits per heavy atom. The van der Waals surface area contributed by atoms with E-state index in [1.54, 1.807) is 54.5 Å². The van der Waals surface area contributed by atoms with E-state index < -0.39 is 6.04 Å². The number of likely N-dealkylation sites (N-methyl/N-ethyl adjacent to an activating group) is 1. The van der Waals surface area contributed by atoms with E-state index in [4.69, 9.17) is 0 Å². The molecule has 22 heavy (non-hydrogen) atoms. The third-order valence-corrected chi connectivity index (χ3v) is 4.76. The fraction of sp³-hybridized carbons (Fsp3) is 0.250. The molecule has 1 aromatic carbocycles. The van der Waals surface area contributed by atoms with Gasteiger partial charge in [-0.25, -0.2) is 0 Å². The fourth-order valence-electron chi connectivity index (χ4n) is 2.01. The maximum Gasteiger partial charge on any atom is 0.251 e. The van der Waals surface area contributed by atoms with Crippen LogP contribution in [0.2, 0.25) is 0 Å². The zero-order valence-corrected chi connectivity index (χ0v) is 14.8. The summed E-state index contributed by atoms with van der Waals surface area (Å²) in [5.74, 6) is -0.359. The van der Waals surface area contributed by atoms with Crippen LogP contribution in [-0.2, 0) is 11.3 Å². The maximum absolute atomic E-state index is 12.3. The van der Waals surface area contributed by atoms with Gasteiger partial charge in [-0.3, -0.25) is 9.59 Å². The molecule has 2 rings (SSSR count). The van der Waals surface area contributed by atoms with Crippen molar-refractivity contribution in [1.82, 2.24) is 10.2 Å². The Kier molecular flexibility index (Phi) is 5.74. The molecule has 0 saturated heterocycles. The minimum Gasteiger partial charge on any atom is -0.341 e. The molecular formula is C16H17BrN2O2S. The zero-order chi connectivity index (χ0) is 16.1. The number of carbonyl (C=O) groups is 2. The van der Waals surface area contributed by atoms with Crippen molar-refractivity contribution in [2.24, 2.45) is 0 Å². The summed E-state index contributed by atoms with van der Waals surface area (Å²) >= 11 is 5.00. The van der Waals surface area contributed by atoms with E-state index in [0.29, 0.717) is 12.1 Å². The zero-order valence-electron chi connectivity index (χ0n) is 12.4. The third kappa shape index (κ3) is 4.42. The first-order valence-electron chi connectivity index (χ1n) is 6.82. The van der Waals surface area contributed by atoms with Crippen molar-refractivity contribution in [2.75, 3.05) is 7.05 Å². The molecule has 0 radical (unpaired) electrons. The average Bonchev–Trinajstić information content (AvgIpc) is 2.92. The number of nitrogens with one attached hydrogen (secondary N) is 1. The average molecular weight is 381 g/mol. The second-order valence-electron chi connectivity index (χ2n) is 4.96. The highest BCUT2D eigenvalue weighted by molar-refractivity contribution is 9.11. The third-order valence-electron chi connectivity index (χ3n) is 3.15. The quantitative estimate of drug-likeness (QED) is 0.864. The summed E-state index contributed by atoms with van der Waals surface area (Å²) in [6, 6.07) is 12.2. The molecule has 6 heteroatoms. The second-order valence-corrected chi connectivity index (χ2v) is 7.51. The van der Waals surface area contributed by atoms with Gasteiger partial charge in [0.25, 0.3) is 5.91 Å². The molecule has 0 spiro atoms. The van der Waals surface area contributed by atoms with Gasteiger partial charge in [0.1, 0.15) is 6.04 Å². The lowest BCUT2D eigenvalue weighted by Gasteiger charge is -2.21. The van der Waals surface area contributed by atoms with E-state index in [1.807, 2.05) is 18.2 Å². The molecule has 1 N–H and O–H groups in total. The highest BCUT2D eigenvalue weighted by atomic mass is 79.9. The Bertz CT molecular complexity index is 657. The second kappa shape index (κ2) is 7.56. The molecule has 0 aliphatic carbocycles. The molecule has 0 bridgehead atoms. The first-order chi connectivity index (χ1) is 10.5. The van der Waals surface area contributed by atoms with Gasteiger partial charge in [-0.05, 0) is 47.1 Å². The molecule has 2 amide bonds. The SMILES string of the molecule is CC(NC(=O)c1ccccc1)C(=O)N(C)Cc1ccc(Br)s1. The number of nitrogens with zero attached hydrogens (tertiary/aromatic N) is 1. The Balaban J connectivity index is 1.92. The summed E-state index contributed by atoms with van der Waals surface area (Å²) in [4.78, 5) is 27.1. The lowest BCUT2D eigenvalue weighted by Crippen LogP contribution is -2.45. The van der Waals surface area contributed by atoms with Crippen LogP contribution in [0.1, 0.15) is 22.2 Å². The molecule has 0 aliphatic rings. The van der Waals surface area contributed by atoms with E-state index in [9.17, 15) is 9.59 Å². The molecule has 0 aliphatic heterocycles. The van der Waals surface area contributed by atoms with Crippen LogP contribution in [0.15, 0.2) is 46.3 Å². The number of hydrogen-bond acceptors (Lipinski definition) is 3. The van der Waals surface area contributed by atoms with Crippen molar-refractivity contribution in [3.63, 3.8) is 0 Å². The van der Waals surface area contributed by atoms with Gasteiger partial charge >= 0.3 is 0 Å². The Labute approximate surface area is 142 Å². The molecular weight excluding hydrogens is 364 g/mol. The summed E-state index contributed by atoms with van der Waals surface area (Å²) in [7, 11) is 1.74. The molecule has 2 aromatic rings. The van der Waals surface area contributed by atoms with Gasteiger partial charge in [-0.15, -0.1) is 11.3 Å². The van der Waals surface area contributed by atoms with E-state index in [1.165, 1.54) is 0 Å². The molecule has 116 valence electrons. The summed E-state index contributed by atoms with van der Waals surface area (Å²) in [6.45, 7) is 2.23. The smallest absolute Gasteiger partial charge is 0.251 e. The van der Waals surface area contributed by atoms with E-state index in [2.05, 4.69) is 21.2 Å². The first kappa shape index (κ1) is 16.7. The summed E-state index contributed by atoms with van der Waals surface area (Å²) < 4.78 is 1.04. The molecule has 4 nitrogen and oxygen atoms in total. The standard InChI is InChI=1S/C16H17BrN2O2S/c1-11(18-15(20)12-6-4-3-5-7-12)16(21)19(2)10-13-8-9-14(17)22-13/h3-9,11H,10H2,1-2H3,(H,18,20). The van der Waals surface area contributed by atoms with E-state index >= 15 is 0 Å². The van der Waals surface area contributed by atoms with Crippen molar-refractivity contribution < 1.29 is 9.59 Å². The lowest BCUT2D eigenvalue weighted by molar-refractivity contribution is -0.132. The molecule has 1 unspecified atom stereocenters. The van der Waals surface area contributed by atoms with Crippen LogP contribution in [0.5, 0.6) is 0 Å². The Hall–Kier alpha value is -1.66. The van der Waals surface area contributed by atoms with Gasteiger partial charge in [0.2, 0.25) is 5.91 Å². The molecule has 1 aromatic heterocycles. The van der Waals surface area contributed by atoms with Gasteiger partial charge in [-0.1, -0.05) is 18.2 Å².